The number of aliphatic imine (C=N–C) groups is 1. The highest BCUT2D eigenvalue weighted by molar-refractivity contribution is 7.89. The van der Waals surface area contributed by atoms with Gasteiger partial charge in [0.2, 0.25) is 10.0 Å². The molecule has 0 aromatic heterocycles. The Morgan fingerprint density at radius 2 is 1.80 bits per heavy atom. The molecule has 0 amide bonds. The van der Waals surface area contributed by atoms with E-state index in [9.17, 15) is 8.42 Å². The highest BCUT2D eigenvalue weighted by Crippen LogP contribution is 2.20. The van der Waals surface area contributed by atoms with E-state index in [1.807, 2.05) is 6.92 Å². The zero-order valence-electron chi connectivity index (χ0n) is 18.2. The first-order valence-corrected chi connectivity index (χ1v) is 11.6. The van der Waals surface area contributed by atoms with E-state index in [0.29, 0.717) is 25.7 Å². The summed E-state index contributed by atoms with van der Waals surface area (Å²) in [5, 5.41) is 6.58. The number of hydrogen-bond donors (Lipinski definition) is 3. The fourth-order valence-electron chi connectivity index (χ4n) is 2.74. The second-order valence-corrected chi connectivity index (χ2v) is 8.75. The van der Waals surface area contributed by atoms with Crippen LogP contribution in [0.25, 0.3) is 0 Å². The van der Waals surface area contributed by atoms with Gasteiger partial charge in [-0.15, -0.1) is 0 Å². The Kier molecular flexibility index (Phi) is 9.14. The Morgan fingerprint density at radius 3 is 2.43 bits per heavy atom. The normalized spacial score (nSPS) is 11.9. The van der Waals surface area contributed by atoms with Crippen molar-refractivity contribution >= 4 is 16.0 Å². The number of ether oxygens (including phenoxy) is 1. The van der Waals surface area contributed by atoms with Crippen molar-refractivity contribution in [3.63, 3.8) is 0 Å². The molecule has 0 atom stereocenters. The molecule has 0 aliphatic carbocycles. The third kappa shape index (κ3) is 7.03. The molecular weight excluding hydrogens is 400 g/mol. The Hall–Kier alpha value is -2.58. The van der Waals surface area contributed by atoms with E-state index >= 15 is 0 Å². The fourth-order valence-corrected chi connectivity index (χ4v) is 3.47. The lowest BCUT2D eigenvalue weighted by molar-refractivity contribution is 0.313. The lowest BCUT2D eigenvalue weighted by Gasteiger charge is -2.15. The second-order valence-electron chi connectivity index (χ2n) is 6.86. The smallest absolute Gasteiger partial charge is 0.240 e. The molecule has 0 saturated heterocycles. The first kappa shape index (κ1) is 23.7. The summed E-state index contributed by atoms with van der Waals surface area (Å²) in [7, 11) is -2.03. The maximum absolute atomic E-state index is 11.8. The van der Waals surface area contributed by atoms with Gasteiger partial charge in [-0.25, -0.2) is 18.1 Å². The average molecular weight is 433 g/mol. The van der Waals surface area contributed by atoms with Crippen molar-refractivity contribution < 1.29 is 13.2 Å². The summed E-state index contributed by atoms with van der Waals surface area (Å²) in [5.74, 6) is 1.58. The van der Waals surface area contributed by atoms with Gasteiger partial charge in [0.05, 0.1) is 18.0 Å². The predicted molar refractivity (Wildman–Crippen MR) is 121 cm³/mol. The van der Waals surface area contributed by atoms with Crippen molar-refractivity contribution in [2.45, 2.75) is 45.2 Å². The number of guanidine groups is 1. The summed E-state index contributed by atoms with van der Waals surface area (Å²) in [5.41, 5.74) is 3.15. The maximum atomic E-state index is 11.8. The van der Waals surface area contributed by atoms with E-state index in [2.05, 4.69) is 52.4 Å². The number of hydrogen-bond acceptors (Lipinski definition) is 4. The van der Waals surface area contributed by atoms with Crippen molar-refractivity contribution in [2.24, 2.45) is 4.99 Å². The van der Waals surface area contributed by atoms with E-state index in [1.165, 1.54) is 7.05 Å². The van der Waals surface area contributed by atoms with Crippen molar-refractivity contribution in [3.8, 4) is 5.75 Å². The molecule has 8 heteroatoms. The van der Waals surface area contributed by atoms with E-state index in [-0.39, 0.29) is 4.90 Å². The highest BCUT2D eigenvalue weighted by Gasteiger charge is 2.10. The van der Waals surface area contributed by atoms with Crippen LogP contribution in [0.2, 0.25) is 0 Å². The van der Waals surface area contributed by atoms with Gasteiger partial charge in [0.25, 0.3) is 0 Å². The molecule has 7 nitrogen and oxygen atoms in total. The lowest BCUT2D eigenvalue weighted by atomic mass is 10.1. The third-order valence-corrected chi connectivity index (χ3v) is 5.83. The molecule has 2 aromatic carbocycles. The first-order valence-electron chi connectivity index (χ1n) is 10.2. The van der Waals surface area contributed by atoms with Gasteiger partial charge in [-0.05, 0) is 56.6 Å². The summed E-state index contributed by atoms with van der Waals surface area (Å²) in [6, 6.07) is 12.9. The molecule has 0 bridgehead atoms. The topological polar surface area (TPSA) is 91.8 Å². The molecule has 164 valence electrons. The summed E-state index contributed by atoms with van der Waals surface area (Å²) < 4.78 is 31.9. The van der Waals surface area contributed by atoms with Crippen LogP contribution in [0, 0.1) is 6.92 Å². The third-order valence-electron chi connectivity index (χ3n) is 4.40. The molecular formula is C22H32N4O3S. The number of aryl methyl sites for hydroxylation is 1. The van der Waals surface area contributed by atoms with Crippen LogP contribution < -0.4 is 20.1 Å². The van der Waals surface area contributed by atoms with Gasteiger partial charge in [0.1, 0.15) is 5.75 Å². The fraction of sp³-hybridized carbons (Fsp3) is 0.409. The minimum Gasteiger partial charge on any atom is -0.493 e. The number of nitrogens with one attached hydrogen (secondary N) is 3. The lowest BCUT2D eigenvalue weighted by Crippen LogP contribution is -2.36. The Bertz CT molecular complexity index is 941. The van der Waals surface area contributed by atoms with E-state index < -0.39 is 10.0 Å². The van der Waals surface area contributed by atoms with Crippen LogP contribution in [0.3, 0.4) is 0 Å². The van der Waals surface area contributed by atoms with Gasteiger partial charge in [-0.2, -0.15) is 0 Å². The van der Waals surface area contributed by atoms with Crippen molar-refractivity contribution in [1.29, 1.82) is 0 Å². The van der Waals surface area contributed by atoms with Crippen molar-refractivity contribution in [2.75, 3.05) is 20.2 Å². The van der Waals surface area contributed by atoms with Crippen LogP contribution in [-0.2, 0) is 23.1 Å². The van der Waals surface area contributed by atoms with Crippen LogP contribution in [0.5, 0.6) is 5.75 Å². The Labute approximate surface area is 180 Å². The highest BCUT2D eigenvalue weighted by atomic mass is 32.2. The van der Waals surface area contributed by atoms with Gasteiger partial charge in [0, 0.05) is 18.7 Å². The van der Waals surface area contributed by atoms with Crippen LogP contribution in [0.1, 0.15) is 37.0 Å². The molecule has 0 aliphatic rings. The van der Waals surface area contributed by atoms with E-state index in [1.54, 1.807) is 24.3 Å². The summed E-state index contributed by atoms with van der Waals surface area (Å²) in [4.78, 5) is 4.85. The standard InChI is InChI=1S/C22H32N4O3S/c1-5-13-29-21-14-17(3)7-10-19(21)16-26-22(24-6-2)25-15-18-8-11-20(12-9-18)30(27,28)23-4/h7-12,14,23H,5-6,13,15-16H2,1-4H3,(H2,24,25,26). The number of rotatable bonds is 10. The monoisotopic (exact) mass is 432 g/mol. The van der Waals surface area contributed by atoms with E-state index in [0.717, 1.165) is 35.4 Å². The zero-order valence-corrected chi connectivity index (χ0v) is 19.0. The first-order chi connectivity index (χ1) is 14.4. The SMILES string of the molecule is CCCOc1cc(C)ccc1CNC(=NCc1ccc(S(=O)(=O)NC)cc1)NCC. The molecule has 0 spiro atoms. The molecule has 0 unspecified atom stereocenters. The average Bonchev–Trinajstić information content (AvgIpc) is 2.75. The quantitative estimate of drug-likeness (QED) is 0.397. The summed E-state index contributed by atoms with van der Waals surface area (Å²) in [6.07, 6.45) is 0.958. The van der Waals surface area contributed by atoms with Gasteiger partial charge in [-0.1, -0.05) is 31.2 Å². The minimum absolute atomic E-state index is 0.238. The van der Waals surface area contributed by atoms with Crippen molar-refractivity contribution in [1.82, 2.24) is 15.4 Å². The molecule has 0 saturated carbocycles. The molecule has 2 aromatic rings. The van der Waals surface area contributed by atoms with Gasteiger partial charge in [-0.3, -0.25) is 0 Å². The Morgan fingerprint density at radius 1 is 1.07 bits per heavy atom. The molecule has 3 N–H and O–H groups in total. The molecule has 0 aliphatic heterocycles. The van der Waals surface area contributed by atoms with Crippen LogP contribution >= 0.6 is 0 Å². The Balaban J connectivity index is 2.06. The van der Waals surface area contributed by atoms with Crippen LogP contribution in [-0.4, -0.2) is 34.6 Å². The van der Waals surface area contributed by atoms with Gasteiger partial charge < -0.3 is 15.4 Å². The number of nitrogens with zero attached hydrogens (tertiary/aromatic N) is 1. The second kappa shape index (κ2) is 11.6. The number of sulfonamides is 1. The zero-order chi connectivity index (χ0) is 22.0. The molecule has 30 heavy (non-hydrogen) atoms. The largest absolute Gasteiger partial charge is 0.493 e. The summed E-state index contributed by atoms with van der Waals surface area (Å²) in [6.45, 7) is 8.59. The minimum atomic E-state index is -3.43. The summed E-state index contributed by atoms with van der Waals surface area (Å²) >= 11 is 0. The van der Waals surface area contributed by atoms with Crippen LogP contribution in [0.4, 0.5) is 0 Å². The number of benzene rings is 2. The van der Waals surface area contributed by atoms with Gasteiger partial charge in [0.15, 0.2) is 5.96 Å². The molecule has 0 radical (unpaired) electrons. The molecule has 0 fully saturated rings. The van der Waals surface area contributed by atoms with Gasteiger partial charge >= 0.3 is 0 Å². The molecule has 0 heterocycles. The maximum Gasteiger partial charge on any atom is 0.240 e. The molecule has 2 rings (SSSR count). The van der Waals surface area contributed by atoms with E-state index in [4.69, 9.17) is 4.74 Å². The van der Waals surface area contributed by atoms with Crippen molar-refractivity contribution in [3.05, 3.63) is 59.2 Å². The van der Waals surface area contributed by atoms with Crippen LogP contribution in [0.15, 0.2) is 52.4 Å². The predicted octanol–water partition coefficient (Wildman–Crippen LogP) is 2.95.